The number of rotatable bonds is 2. The number of aromatic nitrogens is 1. The minimum Gasteiger partial charge on any atom is -0.481 e. The molecule has 0 aromatic carbocycles. The summed E-state index contributed by atoms with van der Waals surface area (Å²) >= 11 is 0. The minimum atomic E-state index is -4.43. The summed E-state index contributed by atoms with van der Waals surface area (Å²) in [7, 11) is 0. The number of aliphatic carboxylic acids is 1. The van der Waals surface area contributed by atoms with Crippen LogP contribution in [0.1, 0.15) is 43.7 Å². The van der Waals surface area contributed by atoms with Gasteiger partial charge in [0.1, 0.15) is 0 Å². The SMILES string of the molecule is CC(C(=O)O)C1CCC2(CC1)COc1ncc(C(F)(F)F)cc12. The largest absolute Gasteiger partial charge is 0.481 e. The third kappa shape index (κ3) is 2.77. The lowest BCUT2D eigenvalue weighted by atomic mass is 9.66. The summed E-state index contributed by atoms with van der Waals surface area (Å²) in [4.78, 5) is 14.9. The number of pyridine rings is 1. The second-order valence-electron chi connectivity index (χ2n) is 6.61. The van der Waals surface area contributed by atoms with Gasteiger partial charge in [0, 0.05) is 17.2 Å². The first kappa shape index (κ1) is 16.1. The van der Waals surface area contributed by atoms with Crippen LogP contribution in [-0.4, -0.2) is 22.7 Å². The Labute approximate surface area is 131 Å². The lowest BCUT2D eigenvalue weighted by Crippen LogP contribution is -2.36. The Kier molecular flexibility index (Phi) is 3.77. The summed E-state index contributed by atoms with van der Waals surface area (Å²) in [6, 6.07) is 1.15. The monoisotopic (exact) mass is 329 g/mol. The van der Waals surface area contributed by atoms with Crippen molar-refractivity contribution in [1.82, 2.24) is 4.98 Å². The maximum Gasteiger partial charge on any atom is 0.417 e. The smallest absolute Gasteiger partial charge is 0.417 e. The first-order valence-corrected chi connectivity index (χ1v) is 7.66. The zero-order valence-electron chi connectivity index (χ0n) is 12.7. The molecule has 1 spiro atoms. The Hall–Kier alpha value is -1.79. The van der Waals surface area contributed by atoms with Gasteiger partial charge in [-0.15, -0.1) is 0 Å². The molecule has 7 heteroatoms. The molecule has 1 aliphatic carbocycles. The third-order valence-corrected chi connectivity index (χ3v) is 5.32. The number of fused-ring (bicyclic) bond motifs is 2. The summed E-state index contributed by atoms with van der Waals surface area (Å²) in [6.45, 7) is 2.01. The van der Waals surface area contributed by atoms with Crippen molar-refractivity contribution >= 4 is 5.97 Å². The molecule has 1 N–H and O–H groups in total. The molecular formula is C16H18F3NO3. The number of halogens is 3. The van der Waals surface area contributed by atoms with E-state index in [2.05, 4.69) is 4.98 Å². The average Bonchev–Trinajstić information content (AvgIpc) is 2.85. The van der Waals surface area contributed by atoms with Crippen LogP contribution in [0.15, 0.2) is 12.3 Å². The highest BCUT2D eigenvalue weighted by Gasteiger charge is 2.46. The molecule has 1 unspecified atom stereocenters. The van der Waals surface area contributed by atoms with Crippen molar-refractivity contribution in [2.75, 3.05) is 6.61 Å². The number of hydrogen-bond donors (Lipinski definition) is 1. The van der Waals surface area contributed by atoms with Crippen LogP contribution in [0.5, 0.6) is 5.88 Å². The van der Waals surface area contributed by atoms with Crippen molar-refractivity contribution in [2.24, 2.45) is 11.8 Å². The topological polar surface area (TPSA) is 59.4 Å². The Morgan fingerprint density at radius 2 is 2.09 bits per heavy atom. The van der Waals surface area contributed by atoms with Gasteiger partial charge in [0.25, 0.3) is 0 Å². The van der Waals surface area contributed by atoms with E-state index >= 15 is 0 Å². The van der Waals surface area contributed by atoms with Crippen molar-refractivity contribution in [3.63, 3.8) is 0 Å². The first-order valence-electron chi connectivity index (χ1n) is 7.66. The summed E-state index contributed by atoms with van der Waals surface area (Å²) < 4.78 is 44.3. The van der Waals surface area contributed by atoms with E-state index in [1.165, 1.54) is 0 Å². The van der Waals surface area contributed by atoms with Gasteiger partial charge in [-0.3, -0.25) is 4.79 Å². The van der Waals surface area contributed by atoms with E-state index in [-0.39, 0.29) is 11.8 Å². The van der Waals surface area contributed by atoms with Crippen molar-refractivity contribution in [3.05, 3.63) is 23.4 Å². The minimum absolute atomic E-state index is 0.0564. The molecule has 2 heterocycles. The van der Waals surface area contributed by atoms with Crippen molar-refractivity contribution < 1.29 is 27.8 Å². The standard InChI is InChI=1S/C16H18F3NO3/c1-9(14(21)22)10-2-4-15(5-3-10)8-23-13-12(15)6-11(7-20-13)16(17,18)19/h6-7,9-10H,2-5,8H2,1H3,(H,21,22). The zero-order chi connectivity index (χ0) is 16.8. The number of hydrogen-bond acceptors (Lipinski definition) is 3. The molecule has 0 radical (unpaired) electrons. The lowest BCUT2D eigenvalue weighted by Gasteiger charge is -2.37. The van der Waals surface area contributed by atoms with E-state index in [4.69, 9.17) is 9.84 Å². The fourth-order valence-corrected chi connectivity index (χ4v) is 3.69. The molecule has 1 aromatic rings. The summed E-state index contributed by atoms with van der Waals surface area (Å²) in [5.74, 6) is -0.924. The fraction of sp³-hybridized carbons (Fsp3) is 0.625. The van der Waals surface area contributed by atoms with E-state index in [1.54, 1.807) is 6.92 Å². The molecule has 1 atom stereocenters. The third-order valence-electron chi connectivity index (χ3n) is 5.32. The molecule has 3 rings (SSSR count). The molecule has 1 fully saturated rings. The van der Waals surface area contributed by atoms with Gasteiger partial charge in [-0.1, -0.05) is 6.92 Å². The van der Waals surface area contributed by atoms with E-state index < -0.39 is 29.0 Å². The zero-order valence-corrected chi connectivity index (χ0v) is 12.7. The summed E-state index contributed by atoms with van der Waals surface area (Å²) in [5.41, 5.74) is -0.700. The Bertz CT molecular complexity index is 621. The van der Waals surface area contributed by atoms with Crippen LogP contribution in [0.3, 0.4) is 0 Å². The van der Waals surface area contributed by atoms with Gasteiger partial charge in [0.05, 0.1) is 18.1 Å². The summed E-state index contributed by atoms with van der Waals surface area (Å²) in [6.07, 6.45) is -1.02. The molecule has 0 amide bonds. The molecule has 0 saturated heterocycles. The van der Waals surface area contributed by atoms with Crippen LogP contribution in [-0.2, 0) is 16.4 Å². The number of ether oxygens (including phenoxy) is 1. The summed E-state index contributed by atoms with van der Waals surface area (Å²) in [5, 5.41) is 9.12. The van der Waals surface area contributed by atoms with Gasteiger partial charge in [-0.05, 0) is 37.7 Å². The Balaban J connectivity index is 1.84. The molecule has 1 aromatic heterocycles. The molecule has 126 valence electrons. The Morgan fingerprint density at radius 1 is 1.43 bits per heavy atom. The average molecular weight is 329 g/mol. The highest BCUT2D eigenvalue weighted by Crippen LogP contribution is 2.50. The highest BCUT2D eigenvalue weighted by atomic mass is 19.4. The highest BCUT2D eigenvalue weighted by molar-refractivity contribution is 5.69. The van der Waals surface area contributed by atoms with E-state index in [9.17, 15) is 18.0 Å². The maximum absolute atomic E-state index is 12.9. The van der Waals surface area contributed by atoms with Crippen LogP contribution in [0.25, 0.3) is 0 Å². The number of carboxylic acid groups (broad SMARTS) is 1. The first-order chi connectivity index (χ1) is 10.7. The normalized spacial score (nSPS) is 28.3. The van der Waals surface area contributed by atoms with Crippen LogP contribution in [0, 0.1) is 11.8 Å². The van der Waals surface area contributed by atoms with Gasteiger partial charge in [0.2, 0.25) is 5.88 Å². The van der Waals surface area contributed by atoms with E-state index in [0.717, 1.165) is 12.3 Å². The molecule has 4 nitrogen and oxygen atoms in total. The van der Waals surface area contributed by atoms with E-state index in [0.29, 0.717) is 37.9 Å². The molecule has 2 aliphatic rings. The number of alkyl halides is 3. The predicted molar refractivity (Wildman–Crippen MR) is 75.2 cm³/mol. The van der Waals surface area contributed by atoms with Gasteiger partial charge in [-0.2, -0.15) is 13.2 Å². The van der Waals surface area contributed by atoms with Gasteiger partial charge >= 0.3 is 12.1 Å². The van der Waals surface area contributed by atoms with Gasteiger partial charge < -0.3 is 9.84 Å². The quantitative estimate of drug-likeness (QED) is 0.900. The number of nitrogens with zero attached hydrogens (tertiary/aromatic N) is 1. The number of carbonyl (C=O) groups is 1. The molecule has 23 heavy (non-hydrogen) atoms. The second kappa shape index (κ2) is 5.39. The van der Waals surface area contributed by atoms with Crippen molar-refractivity contribution in [1.29, 1.82) is 0 Å². The number of carboxylic acids is 1. The molecular weight excluding hydrogens is 311 g/mol. The van der Waals surface area contributed by atoms with Crippen LogP contribution < -0.4 is 4.74 Å². The molecule has 1 aliphatic heterocycles. The van der Waals surface area contributed by atoms with Gasteiger partial charge in [-0.25, -0.2) is 4.98 Å². The van der Waals surface area contributed by atoms with Crippen LogP contribution >= 0.6 is 0 Å². The van der Waals surface area contributed by atoms with E-state index in [1.807, 2.05) is 0 Å². The Morgan fingerprint density at radius 3 is 2.65 bits per heavy atom. The fourth-order valence-electron chi connectivity index (χ4n) is 3.69. The van der Waals surface area contributed by atoms with Crippen LogP contribution in [0.4, 0.5) is 13.2 Å². The van der Waals surface area contributed by atoms with Crippen molar-refractivity contribution in [3.8, 4) is 5.88 Å². The van der Waals surface area contributed by atoms with Crippen molar-refractivity contribution in [2.45, 2.75) is 44.2 Å². The van der Waals surface area contributed by atoms with Crippen LogP contribution in [0.2, 0.25) is 0 Å². The molecule has 0 bridgehead atoms. The second-order valence-corrected chi connectivity index (χ2v) is 6.61. The van der Waals surface area contributed by atoms with Gasteiger partial charge in [0.15, 0.2) is 0 Å². The lowest BCUT2D eigenvalue weighted by molar-refractivity contribution is -0.143. The molecule has 1 saturated carbocycles. The maximum atomic E-state index is 12.9. The predicted octanol–water partition coefficient (Wildman–Crippen LogP) is 3.64.